The number of anilines is 1. The summed E-state index contributed by atoms with van der Waals surface area (Å²) in [4.78, 5) is 18.4. The molecule has 1 aliphatic heterocycles. The maximum absolute atomic E-state index is 5.97. The molecule has 0 amide bonds. The van der Waals surface area contributed by atoms with Gasteiger partial charge in [-0.15, -0.1) is 11.3 Å². The molecule has 0 aliphatic carbocycles. The van der Waals surface area contributed by atoms with Crippen LogP contribution in [0.2, 0.25) is 0 Å². The smallest absolute Gasteiger partial charge is 0.198 e. The van der Waals surface area contributed by atoms with Gasteiger partial charge in [0.25, 0.3) is 0 Å². The molecule has 0 spiro atoms. The third-order valence-corrected chi connectivity index (χ3v) is 5.84. The number of nitrogens with zero attached hydrogens (tertiary/aromatic N) is 4. The van der Waals surface area contributed by atoms with Crippen LogP contribution in [-0.2, 0) is 0 Å². The molecule has 3 aromatic heterocycles. The number of rotatable bonds is 2. The monoisotopic (exact) mass is 350 g/mol. The van der Waals surface area contributed by atoms with Gasteiger partial charge in [0, 0.05) is 23.9 Å². The van der Waals surface area contributed by atoms with E-state index in [1.165, 1.54) is 10.3 Å². The summed E-state index contributed by atoms with van der Waals surface area (Å²) in [5, 5.41) is 1.17. The number of fused-ring (bicyclic) bond motifs is 2. The molecule has 6 heteroatoms. The van der Waals surface area contributed by atoms with E-state index in [1.807, 2.05) is 24.3 Å². The number of oxazole rings is 1. The Bertz CT molecular complexity index is 1010. The normalized spacial score (nSPS) is 16.1. The molecule has 5 nitrogen and oxygen atoms in total. The molecule has 0 unspecified atom stereocenters. The Morgan fingerprint density at radius 1 is 1.16 bits per heavy atom. The second-order valence-corrected chi connectivity index (χ2v) is 7.79. The number of hydrogen-bond acceptors (Lipinski definition) is 6. The SMILES string of the molecule is Cc1cc2c(N3CCC(c4nc5ccccc5o4)CC3)ncnc2s1. The number of thiophene rings is 1. The lowest BCUT2D eigenvalue weighted by Gasteiger charge is -2.31. The van der Waals surface area contributed by atoms with E-state index in [4.69, 9.17) is 4.42 Å². The second-order valence-electron chi connectivity index (χ2n) is 6.55. The molecule has 4 heterocycles. The molecular formula is C19H18N4OS. The first-order chi connectivity index (χ1) is 12.3. The molecule has 1 saturated heterocycles. The molecule has 25 heavy (non-hydrogen) atoms. The van der Waals surface area contributed by atoms with Crippen molar-refractivity contribution in [2.75, 3.05) is 18.0 Å². The summed E-state index contributed by atoms with van der Waals surface area (Å²) in [5.74, 6) is 2.32. The van der Waals surface area contributed by atoms with E-state index >= 15 is 0 Å². The quantitative estimate of drug-likeness (QED) is 0.532. The van der Waals surface area contributed by atoms with E-state index in [2.05, 4.69) is 32.8 Å². The van der Waals surface area contributed by atoms with Crippen LogP contribution < -0.4 is 4.90 Å². The van der Waals surface area contributed by atoms with Crippen molar-refractivity contribution in [3.63, 3.8) is 0 Å². The molecule has 0 atom stereocenters. The van der Waals surface area contributed by atoms with Crippen molar-refractivity contribution in [1.29, 1.82) is 0 Å². The van der Waals surface area contributed by atoms with E-state index in [9.17, 15) is 0 Å². The third kappa shape index (κ3) is 2.57. The fraction of sp³-hybridized carbons (Fsp3) is 0.316. The molecule has 0 bridgehead atoms. The zero-order chi connectivity index (χ0) is 16.8. The van der Waals surface area contributed by atoms with E-state index in [1.54, 1.807) is 17.7 Å². The van der Waals surface area contributed by atoms with Crippen molar-refractivity contribution in [1.82, 2.24) is 15.0 Å². The summed E-state index contributed by atoms with van der Waals surface area (Å²) in [6, 6.07) is 10.2. The Morgan fingerprint density at radius 2 is 2.00 bits per heavy atom. The lowest BCUT2D eigenvalue weighted by Crippen LogP contribution is -2.33. The van der Waals surface area contributed by atoms with Crippen molar-refractivity contribution in [2.45, 2.75) is 25.7 Å². The Kier molecular flexibility index (Phi) is 3.45. The number of aromatic nitrogens is 3. The highest BCUT2D eigenvalue weighted by Crippen LogP contribution is 2.35. The number of para-hydroxylation sites is 2. The summed E-state index contributed by atoms with van der Waals surface area (Å²) in [6.45, 7) is 4.05. The highest BCUT2D eigenvalue weighted by molar-refractivity contribution is 7.18. The standard InChI is InChI=1S/C19H18N4OS/c1-12-10-14-17(20-11-21-19(14)25-12)23-8-6-13(7-9-23)18-22-15-4-2-3-5-16(15)24-18/h2-5,10-11,13H,6-9H2,1H3. The minimum atomic E-state index is 0.380. The Morgan fingerprint density at radius 3 is 2.84 bits per heavy atom. The number of benzene rings is 1. The molecular weight excluding hydrogens is 332 g/mol. The van der Waals surface area contributed by atoms with Crippen molar-refractivity contribution in [3.8, 4) is 0 Å². The van der Waals surface area contributed by atoms with Crippen LogP contribution in [0.3, 0.4) is 0 Å². The van der Waals surface area contributed by atoms with Crippen LogP contribution in [0.15, 0.2) is 41.1 Å². The van der Waals surface area contributed by atoms with Gasteiger partial charge in [0.05, 0.1) is 5.39 Å². The molecule has 0 N–H and O–H groups in total. The minimum Gasteiger partial charge on any atom is -0.440 e. The average molecular weight is 350 g/mol. The molecule has 0 saturated carbocycles. The Labute approximate surface area is 149 Å². The summed E-state index contributed by atoms with van der Waals surface area (Å²) in [6.07, 6.45) is 3.74. The van der Waals surface area contributed by atoms with Gasteiger partial charge < -0.3 is 9.32 Å². The number of hydrogen-bond donors (Lipinski definition) is 0. The summed E-state index contributed by atoms with van der Waals surface area (Å²) < 4.78 is 5.97. The Hall–Kier alpha value is -2.47. The summed E-state index contributed by atoms with van der Waals surface area (Å²) >= 11 is 1.73. The van der Waals surface area contributed by atoms with Crippen LogP contribution in [0.1, 0.15) is 29.5 Å². The van der Waals surface area contributed by atoms with Gasteiger partial charge in [0.2, 0.25) is 0 Å². The highest BCUT2D eigenvalue weighted by atomic mass is 32.1. The van der Waals surface area contributed by atoms with Crippen LogP contribution in [0.5, 0.6) is 0 Å². The van der Waals surface area contributed by atoms with Gasteiger partial charge in [0.1, 0.15) is 22.5 Å². The van der Waals surface area contributed by atoms with Crippen molar-refractivity contribution >= 4 is 38.5 Å². The van der Waals surface area contributed by atoms with E-state index in [0.29, 0.717) is 5.92 Å². The van der Waals surface area contributed by atoms with Gasteiger partial charge in [0.15, 0.2) is 11.5 Å². The lowest BCUT2D eigenvalue weighted by atomic mass is 9.96. The number of piperidine rings is 1. The van der Waals surface area contributed by atoms with Gasteiger partial charge in [-0.25, -0.2) is 15.0 Å². The molecule has 5 rings (SSSR count). The van der Waals surface area contributed by atoms with Gasteiger partial charge in [-0.3, -0.25) is 0 Å². The van der Waals surface area contributed by atoms with Crippen LogP contribution in [0.4, 0.5) is 5.82 Å². The van der Waals surface area contributed by atoms with Gasteiger partial charge >= 0.3 is 0 Å². The predicted molar refractivity (Wildman–Crippen MR) is 100 cm³/mol. The minimum absolute atomic E-state index is 0.380. The molecule has 4 aromatic rings. The first-order valence-corrected chi connectivity index (χ1v) is 9.41. The van der Waals surface area contributed by atoms with Crippen LogP contribution in [0.25, 0.3) is 21.3 Å². The zero-order valence-corrected chi connectivity index (χ0v) is 14.8. The first kappa shape index (κ1) is 14.8. The fourth-order valence-electron chi connectivity index (χ4n) is 3.62. The zero-order valence-electron chi connectivity index (χ0n) is 14.0. The van der Waals surface area contributed by atoms with Gasteiger partial charge in [-0.05, 0) is 38.0 Å². The predicted octanol–water partition coefficient (Wildman–Crippen LogP) is 4.52. The topological polar surface area (TPSA) is 55.1 Å². The summed E-state index contributed by atoms with van der Waals surface area (Å²) in [7, 11) is 0. The highest BCUT2D eigenvalue weighted by Gasteiger charge is 2.26. The average Bonchev–Trinajstić information content (AvgIpc) is 3.24. The van der Waals surface area contributed by atoms with Gasteiger partial charge in [-0.2, -0.15) is 0 Å². The maximum atomic E-state index is 5.97. The van der Waals surface area contributed by atoms with Gasteiger partial charge in [-0.1, -0.05) is 12.1 Å². The van der Waals surface area contributed by atoms with E-state index < -0.39 is 0 Å². The Balaban J connectivity index is 1.38. The fourth-order valence-corrected chi connectivity index (χ4v) is 4.46. The molecule has 1 fully saturated rings. The maximum Gasteiger partial charge on any atom is 0.198 e. The third-order valence-electron chi connectivity index (χ3n) is 4.89. The largest absolute Gasteiger partial charge is 0.440 e. The van der Waals surface area contributed by atoms with Crippen LogP contribution in [-0.4, -0.2) is 28.0 Å². The first-order valence-electron chi connectivity index (χ1n) is 8.59. The molecule has 1 aromatic carbocycles. The van der Waals surface area contributed by atoms with Crippen molar-refractivity contribution in [2.24, 2.45) is 0 Å². The second kappa shape index (κ2) is 5.81. The van der Waals surface area contributed by atoms with Crippen LogP contribution >= 0.6 is 11.3 Å². The summed E-state index contributed by atoms with van der Waals surface area (Å²) in [5.41, 5.74) is 1.83. The lowest BCUT2D eigenvalue weighted by molar-refractivity contribution is 0.407. The van der Waals surface area contributed by atoms with Crippen LogP contribution in [0, 0.1) is 6.92 Å². The van der Waals surface area contributed by atoms with Crippen molar-refractivity contribution in [3.05, 3.63) is 47.4 Å². The van der Waals surface area contributed by atoms with E-state index in [0.717, 1.165) is 53.6 Å². The molecule has 126 valence electrons. The van der Waals surface area contributed by atoms with Crippen molar-refractivity contribution < 1.29 is 4.42 Å². The molecule has 0 radical (unpaired) electrons. The number of aryl methyl sites for hydroxylation is 1. The molecule has 1 aliphatic rings. The van der Waals surface area contributed by atoms with E-state index in [-0.39, 0.29) is 0 Å².